The summed E-state index contributed by atoms with van der Waals surface area (Å²) in [7, 11) is -0.591. The first-order valence-electron chi connectivity index (χ1n) is 5.51. The lowest BCUT2D eigenvalue weighted by Gasteiger charge is -2.23. The van der Waals surface area contributed by atoms with Crippen molar-refractivity contribution in [2.24, 2.45) is 5.41 Å². The van der Waals surface area contributed by atoms with Gasteiger partial charge in [-0.05, 0) is 11.8 Å². The maximum atomic E-state index is 11.7. The van der Waals surface area contributed by atoms with Gasteiger partial charge >= 0.3 is 7.60 Å². The lowest BCUT2D eigenvalue weighted by molar-refractivity contribution is -0.118. The minimum absolute atomic E-state index is 0.0435. The average Bonchev–Trinajstić information content (AvgIpc) is 2.16. The molecule has 0 aliphatic rings. The Hall–Kier alpha value is -0.180. The van der Waals surface area contributed by atoms with Crippen LogP contribution in [0.5, 0.6) is 0 Å². The minimum Gasteiger partial charge on any atom is -0.312 e. The number of Topliss-reactive ketones (excluding diaryl/α,β-unsaturated/α-hetero) is 1. The second kappa shape index (κ2) is 6.53. The molecule has 0 amide bonds. The fourth-order valence-corrected chi connectivity index (χ4v) is 2.73. The average molecular weight is 250 g/mol. The zero-order chi connectivity index (χ0) is 12.8. The maximum Gasteiger partial charge on any atom is 0.337 e. The van der Waals surface area contributed by atoms with E-state index in [-0.39, 0.29) is 17.4 Å². The van der Waals surface area contributed by atoms with Crippen molar-refractivity contribution in [1.29, 1.82) is 0 Å². The zero-order valence-electron chi connectivity index (χ0n) is 10.9. The van der Waals surface area contributed by atoms with Crippen molar-refractivity contribution >= 4 is 13.4 Å². The van der Waals surface area contributed by atoms with Gasteiger partial charge in [0.2, 0.25) is 0 Å². The van der Waals surface area contributed by atoms with Crippen molar-refractivity contribution in [2.45, 2.75) is 40.0 Å². The number of ketones is 1. The molecule has 0 bridgehead atoms. The summed E-state index contributed by atoms with van der Waals surface area (Å²) in [4.78, 5) is 11.7. The summed E-state index contributed by atoms with van der Waals surface area (Å²) in [6, 6.07) is 0. The number of hydrogen-bond donors (Lipinski definition) is 0. The predicted molar refractivity (Wildman–Crippen MR) is 64.8 cm³/mol. The van der Waals surface area contributed by atoms with Crippen LogP contribution >= 0.6 is 7.60 Å². The first-order chi connectivity index (χ1) is 7.28. The first-order valence-corrected chi connectivity index (χ1v) is 7.23. The van der Waals surface area contributed by atoms with Crippen molar-refractivity contribution in [2.75, 3.05) is 20.4 Å². The Morgan fingerprint density at radius 3 is 2.12 bits per heavy atom. The van der Waals surface area contributed by atoms with Crippen LogP contribution in [-0.4, -0.2) is 26.2 Å². The summed E-state index contributed by atoms with van der Waals surface area (Å²) >= 11 is 0. The van der Waals surface area contributed by atoms with Crippen LogP contribution in [0.1, 0.15) is 40.0 Å². The molecule has 0 rings (SSSR count). The van der Waals surface area contributed by atoms with Gasteiger partial charge in [-0.3, -0.25) is 9.36 Å². The molecule has 96 valence electrons. The summed E-state index contributed by atoms with van der Waals surface area (Å²) in [5.74, 6) is -0.0644. The summed E-state index contributed by atoms with van der Waals surface area (Å²) in [5.41, 5.74) is -0.0435. The number of rotatable bonds is 8. The van der Waals surface area contributed by atoms with Gasteiger partial charge in [-0.25, -0.2) is 0 Å². The van der Waals surface area contributed by atoms with E-state index in [0.29, 0.717) is 6.42 Å². The SMILES string of the molecule is CCCC(C)(C)CC(=O)CP(=O)(OC)OC. The van der Waals surface area contributed by atoms with Crippen molar-refractivity contribution in [3.05, 3.63) is 0 Å². The van der Waals surface area contributed by atoms with E-state index in [0.717, 1.165) is 12.8 Å². The van der Waals surface area contributed by atoms with Crippen LogP contribution in [0.25, 0.3) is 0 Å². The zero-order valence-corrected chi connectivity index (χ0v) is 11.8. The maximum absolute atomic E-state index is 11.7. The highest BCUT2D eigenvalue weighted by atomic mass is 31.2. The van der Waals surface area contributed by atoms with E-state index in [1.54, 1.807) is 0 Å². The Balaban J connectivity index is 4.33. The second-order valence-electron chi connectivity index (χ2n) is 4.76. The first kappa shape index (κ1) is 15.8. The van der Waals surface area contributed by atoms with Crippen molar-refractivity contribution in [3.8, 4) is 0 Å². The highest BCUT2D eigenvalue weighted by Gasteiger charge is 2.29. The van der Waals surface area contributed by atoms with E-state index in [1.165, 1.54) is 14.2 Å². The molecule has 0 aromatic carbocycles. The molecule has 0 aliphatic heterocycles. The molecule has 0 atom stereocenters. The molecular formula is C11H23O4P. The third-order valence-corrected chi connectivity index (χ3v) is 4.38. The molecule has 0 aromatic heterocycles. The van der Waals surface area contributed by atoms with Crippen molar-refractivity contribution in [3.63, 3.8) is 0 Å². The molecule has 0 spiro atoms. The fourth-order valence-electron chi connectivity index (χ4n) is 1.77. The van der Waals surface area contributed by atoms with Gasteiger partial charge in [0.25, 0.3) is 0 Å². The number of hydrogen-bond acceptors (Lipinski definition) is 4. The lowest BCUT2D eigenvalue weighted by Crippen LogP contribution is -2.19. The van der Waals surface area contributed by atoms with Gasteiger partial charge in [-0.2, -0.15) is 0 Å². The second-order valence-corrected chi connectivity index (χ2v) is 7.03. The van der Waals surface area contributed by atoms with E-state index < -0.39 is 7.60 Å². The Morgan fingerprint density at radius 2 is 1.75 bits per heavy atom. The van der Waals surface area contributed by atoms with Crippen LogP contribution in [0, 0.1) is 5.41 Å². The largest absolute Gasteiger partial charge is 0.337 e. The van der Waals surface area contributed by atoms with Gasteiger partial charge < -0.3 is 9.05 Å². The van der Waals surface area contributed by atoms with E-state index in [4.69, 9.17) is 9.05 Å². The number of carbonyl (C=O) groups is 1. The highest BCUT2D eigenvalue weighted by Crippen LogP contribution is 2.46. The van der Waals surface area contributed by atoms with Crippen LogP contribution in [0.2, 0.25) is 0 Å². The van der Waals surface area contributed by atoms with Gasteiger partial charge in [0.05, 0.1) is 0 Å². The van der Waals surface area contributed by atoms with Crippen LogP contribution in [0.3, 0.4) is 0 Å². The monoisotopic (exact) mass is 250 g/mol. The molecule has 0 N–H and O–H groups in total. The summed E-state index contributed by atoms with van der Waals surface area (Å²) < 4.78 is 21.2. The van der Waals surface area contributed by atoms with E-state index in [2.05, 4.69) is 6.92 Å². The van der Waals surface area contributed by atoms with Crippen LogP contribution < -0.4 is 0 Å². The summed E-state index contributed by atoms with van der Waals surface area (Å²) in [5, 5.41) is 0. The lowest BCUT2D eigenvalue weighted by atomic mass is 9.83. The van der Waals surface area contributed by atoms with Gasteiger partial charge in [0.1, 0.15) is 11.9 Å². The third kappa shape index (κ3) is 5.78. The molecule has 5 heteroatoms. The van der Waals surface area contributed by atoms with Gasteiger partial charge in [-0.1, -0.05) is 27.2 Å². The summed E-state index contributed by atoms with van der Waals surface area (Å²) in [6.45, 7) is 6.17. The third-order valence-electron chi connectivity index (χ3n) is 2.53. The van der Waals surface area contributed by atoms with E-state index in [1.807, 2.05) is 13.8 Å². The molecule has 4 nitrogen and oxygen atoms in total. The van der Waals surface area contributed by atoms with Crippen LogP contribution in [0.15, 0.2) is 0 Å². The Labute approximate surface area is 98.2 Å². The molecule has 0 heterocycles. The molecule has 0 saturated carbocycles. The topological polar surface area (TPSA) is 52.6 Å². The normalized spacial score (nSPS) is 12.8. The van der Waals surface area contributed by atoms with Gasteiger partial charge in [0.15, 0.2) is 0 Å². The highest BCUT2D eigenvalue weighted by molar-refractivity contribution is 7.54. The van der Waals surface area contributed by atoms with Gasteiger partial charge in [0, 0.05) is 20.6 Å². The molecule has 0 saturated heterocycles. The van der Waals surface area contributed by atoms with E-state index >= 15 is 0 Å². The number of carbonyl (C=O) groups excluding carboxylic acids is 1. The standard InChI is InChI=1S/C11H23O4P/c1-6-7-11(2,3)8-10(12)9-16(13,14-4)15-5/h6-9H2,1-5H3. The molecule has 0 unspecified atom stereocenters. The van der Waals surface area contributed by atoms with Gasteiger partial charge in [-0.15, -0.1) is 0 Å². The molecule has 0 radical (unpaired) electrons. The van der Waals surface area contributed by atoms with Crippen molar-refractivity contribution < 1.29 is 18.4 Å². The molecule has 0 fully saturated rings. The molecule has 0 aromatic rings. The Kier molecular flexibility index (Phi) is 6.46. The van der Waals surface area contributed by atoms with Crippen LogP contribution in [0.4, 0.5) is 0 Å². The predicted octanol–water partition coefficient (Wildman–Crippen LogP) is 3.26. The summed E-state index contributed by atoms with van der Waals surface area (Å²) in [6.07, 6.45) is 2.29. The Bertz CT molecular complexity index is 265. The van der Waals surface area contributed by atoms with Crippen LogP contribution in [-0.2, 0) is 18.4 Å². The van der Waals surface area contributed by atoms with Crippen molar-refractivity contribution in [1.82, 2.24) is 0 Å². The quantitative estimate of drug-likeness (QED) is 0.620. The molecular weight excluding hydrogens is 227 g/mol. The smallest absolute Gasteiger partial charge is 0.312 e. The fraction of sp³-hybridized carbons (Fsp3) is 0.909. The minimum atomic E-state index is -3.19. The Morgan fingerprint density at radius 1 is 1.25 bits per heavy atom. The molecule has 16 heavy (non-hydrogen) atoms. The van der Waals surface area contributed by atoms with E-state index in [9.17, 15) is 9.36 Å². The molecule has 0 aliphatic carbocycles.